The molecule has 10 heteroatoms. The van der Waals surface area contributed by atoms with E-state index >= 15 is 0 Å². The topological polar surface area (TPSA) is 106 Å². The van der Waals surface area contributed by atoms with Crippen LogP contribution in [0.3, 0.4) is 0 Å². The molecule has 164 valence electrons. The number of carbonyl (C=O) groups is 1. The molecule has 4 rings (SSSR count). The Hall–Kier alpha value is -2.85. The minimum absolute atomic E-state index is 0.187. The molecule has 2 N–H and O–H groups in total. The number of nitrogens with zero attached hydrogens (tertiary/aromatic N) is 3. The second kappa shape index (κ2) is 8.35. The van der Waals surface area contributed by atoms with Crippen molar-refractivity contribution in [2.75, 3.05) is 17.5 Å². The van der Waals surface area contributed by atoms with Crippen molar-refractivity contribution in [3.05, 3.63) is 63.0 Å². The van der Waals surface area contributed by atoms with Crippen LogP contribution in [0.15, 0.2) is 29.1 Å². The van der Waals surface area contributed by atoms with Crippen LogP contribution < -0.4 is 10.3 Å². The first-order chi connectivity index (χ1) is 14.8. The molecule has 1 aromatic carbocycles. The van der Waals surface area contributed by atoms with E-state index in [1.165, 1.54) is 29.0 Å². The van der Waals surface area contributed by atoms with Crippen LogP contribution in [0.4, 0.5) is 10.1 Å². The normalized spacial score (nSPS) is 17.7. The third kappa shape index (κ3) is 4.05. The average Bonchev–Trinajstić information content (AvgIpc) is 3.15. The number of halogens is 1. The van der Waals surface area contributed by atoms with Crippen LogP contribution in [-0.2, 0) is 11.4 Å². The van der Waals surface area contributed by atoms with E-state index in [1.54, 1.807) is 17.9 Å². The van der Waals surface area contributed by atoms with Gasteiger partial charge in [0.15, 0.2) is 0 Å². The Bertz CT molecular complexity index is 1210. The average molecular weight is 446 g/mol. The number of hydrogen-bond acceptors (Lipinski definition) is 5. The van der Waals surface area contributed by atoms with Crippen molar-refractivity contribution < 1.29 is 13.7 Å². The molecule has 3 heterocycles. The molecule has 1 aliphatic rings. The Morgan fingerprint density at radius 1 is 1.32 bits per heavy atom. The molecular weight excluding hydrogens is 421 g/mol. The number of rotatable bonds is 4. The molecule has 0 radical (unpaired) electrons. The SMILES string of the molecule is Cc1[nH]c2cc([C@@H]3CCCCN3C(=O)c3ccc(F)cc3N[S+](C)[O-])nn2c(=O)c1C. The molecule has 1 aliphatic heterocycles. The summed E-state index contributed by atoms with van der Waals surface area (Å²) in [5, 5.41) is 4.50. The van der Waals surface area contributed by atoms with Gasteiger partial charge in [-0.05, 0) is 45.2 Å². The van der Waals surface area contributed by atoms with Crippen molar-refractivity contribution in [2.45, 2.75) is 39.2 Å². The van der Waals surface area contributed by atoms with Gasteiger partial charge >= 0.3 is 0 Å². The number of aromatic amines is 1. The number of fused-ring (bicyclic) bond motifs is 1. The van der Waals surface area contributed by atoms with E-state index in [0.29, 0.717) is 29.9 Å². The molecule has 3 aromatic rings. The van der Waals surface area contributed by atoms with E-state index in [-0.39, 0.29) is 28.8 Å². The number of aromatic nitrogens is 3. The summed E-state index contributed by atoms with van der Waals surface area (Å²) in [6, 6.07) is 5.26. The van der Waals surface area contributed by atoms with Crippen molar-refractivity contribution in [1.82, 2.24) is 19.5 Å². The van der Waals surface area contributed by atoms with Gasteiger partial charge in [-0.25, -0.2) is 9.11 Å². The molecule has 8 nitrogen and oxygen atoms in total. The summed E-state index contributed by atoms with van der Waals surface area (Å²) < 4.78 is 29.4. The first-order valence-corrected chi connectivity index (χ1v) is 11.6. The fraction of sp³-hybridized carbons (Fsp3) is 0.381. The minimum atomic E-state index is -1.46. The Balaban J connectivity index is 1.74. The molecule has 1 saturated heterocycles. The number of amides is 1. The minimum Gasteiger partial charge on any atom is -0.593 e. The lowest BCUT2D eigenvalue weighted by Crippen LogP contribution is -2.39. The molecule has 2 atom stereocenters. The molecule has 1 fully saturated rings. The van der Waals surface area contributed by atoms with Gasteiger partial charge in [0.1, 0.15) is 17.7 Å². The third-order valence-corrected chi connectivity index (χ3v) is 6.20. The van der Waals surface area contributed by atoms with E-state index < -0.39 is 17.2 Å². The summed E-state index contributed by atoms with van der Waals surface area (Å²) in [6.45, 7) is 4.09. The van der Waals surface area contributed by atoms with E-state index in [9.17, 15) is 18.5 Å². The maximum Gasteiger partial charge on any atom is 0.277 e. The van der Waals surface area contributed by atoms with Gasteiger partial charge < -0.3 is 14.4 Å². The number of likely N-dealkylation sites (tertiary alicyclic amines) is 1. The van der Waals surface area contributed by atoms with Gasteiger partial charge in [0.05, 0.1) is 34.3 Å². The number of anilines is 1. The monoisotopic (exact) mass is 445 g/mol. The zero-order valence-electron chi connectivity index (χ0n) is 17.6. The van der Waals surface area contributed by atoms with Crippen molar-refractivity contribution in [2.24, 2.45) is 0 Å². The van der Waals surface area contributed by atoms with Gasteiger partial charge in [-0.2, -0.15) is 9.61 Å². The number of piperidine rings is 1. The molecule has 0 saturated carbocycles. The summed E-state index contributed by atoms with van der Waals surface area (Å²) in [6.07, 6.45) is 3.87. The lowest BCUT2D eigenvalue weighted by molar-refractivity contribution is 0.0606. The third-order valence-electron chi connectivity index (χ3n) is 5.69. The fourth-order valence-corrected chi connectivity index (χ4v) is 4.47. The van der Waals surface area contributed by atoms with E-state index in [1.807, 2.05) is 6.92 Å². The number of nitrogens with one attached hydrogen (secondary N) is 2. The summed E-state index contributed by atoms with van der Waals surface area (Å²) >= 11 is -1.46. The van der Waals surface area contributed by atoms with Gasteiger partial charge in [0.2, 0.25) is 0 Å². The van der Waals surface area contributed by atoms with Gasteiger partial charge in [-0.1, -0.05) is 0 Å². The highest BCUT2D eigenvalue weighted by atomic mass is 32.2. The van der Waals surface area contributed by atoms with E-state index in [2.05, 4.69) is 14.8 Å². The predicted molar refractivity (Wildman–Crippen MR) is 117 cm³/mol. The molecule has 1 unspecified atom stereocenters. The number of aryl methyl sites for hydroxylation is 1. The number of benzene rings is 1. The highest BCUT2D eigenvalue weighted by Crippen LogP contribution is 2.33. The number of hydrogen-bond donors (Lipinski definition) is 2. The van der Waals surface area contributed by atoms with Crippen LogP contribution in [0.1, 0.15) is 52.6 Å². The van der Waals surface area contributed by atoms with Crippen LogP contribution in [0.5, 0.6) is 0 Å². The zero-order chi connectivity index (χ0) is 22.3. The summed E-state index contributed by atoms with van der Waals surface area (Å²) in [7, 11) is 0. The van der Waals surface area contributed by atoms with Crippen molar-refractivity contribution in [3.63, 3.8) is 0 Å². The molecule has 2 aromatic heterocycles. The first-order valence-electron chi connectivity index (χ1n) is 10.1. The van der Waals surface area contributed by atoms with Gasteiger partial charge in [0, 0.05) is 29.9 Å². The van der Waals surface area contributed by atoms with Crippen LogP contribution in [-0.4, -0.2) is 42.8 Å². The van der Waals surface area contributed by atoms with Gasteiger partial charge in [0.25, 0.3) is 11.5 Å². The van der Waals surface area contributed by atoms with Crippen molar-refractivity contribution in [1.29, 1.82) is 0 Å². The molecule has 1 amide bonds. The van der Waals surface area contributed by atoms with Crippen molar-refractivity contribution >= 4 is 28.6 Å². The highest BCUT2D eigenvalue weighted by molar-refractivity contribution is 7.92. The maximum atomic E-state index is 13.8. The Labute approximate surface area is 181 Å². The lowest BCUT2D eigenvalue weighted by Gasteiger charge is -2.35. The molecule has 31 heavy (non-hydrogen) atoms. The van der Waals surface area contributed by atoms with E-state index in [4.69, 9.17) is 0 Å². The molecule has 0 spiro atoms. The largest absolute Gasteiger partial charge is 0.593 e. The summed E-state index contributed by atoms with van der Waals surface area (Å²) in [5.41, 5.74) is 2.81. The van der Waals surface area contributed by atoms with Gasteiger partial charge in [-0.3, -0.25) is 9.59 Å². The smallest absolute Gasteiger partial charge is 0.277 e. The standard InChI is InChI=1S/C21H24FN5O3S/c1-12-13(2)23-19-11-17(24-27(19)20(12)28)18-6-4-5-9-26(18)21(29)15-8-7-14(22)10-16(15)25-31(3)30/h7-8,10-11,18,23,25H,4-6,9H2,1-3H3/t18-,31?/m0/s1. The van der Waals surface area contributed by atoms with Crippen LogP contribution in [0.2, 0.25) is 0 Å². The van der Waals surface area contributed by atoms with Gasteiger partial charge in [-0.15, -0.1) is 0 Å². The Kier molecular flexibility index (Phi) is 5.76. The van der Waals surface area contributed by atoms with Crippen LogP contribution >= 0.6 is 0 Å². The second-order valence-electron chi connectivity index (χ2n) is 7.80. The lowest BCUT2D eigenvalue weighted by atomic mass is 9.98. The molecular formula is C21H24FN5O3S. The maximum absolute atomic E-state index is 13.8. The Morgan fingerprint density at radius 2 is 2.10 bits per heavy atom. The zero-order valence-corrected chi connectivity index (χ0v) is 18.4. The number of carbonyl (C=O) groups excluding carboxylic acids is 1. The quantitative estimate of drug-likeness (QED) is 0.601. The summed E-state index contributed by atoms with van der Waals surface area (Å²) in [4.78, 5) is 30.9. The predicted octanol–water partition coefficient (Wildman–Crippen LogP) is 2.85. The number of H-pyrrole nitrogens is 1. The second-order valence-corrected chi connectivity index (χ2v) is 8.91. The molecule has 0 bridgehead atoms. The summed E-state index contributed by atoms with van der Waals surface area (Å²) in [5.74, 6) is -0.822. The fourth-order valence-electron chi connectivity index (χ4n) is 3.99. The van der Waals surface area contributed by atoms with Crippen molar-refractivity contribution in [3.8, 4) is 0 Å². The Morgan fingerprint density at radius 3 is 2.84 bits per heavy atom. The van der Waals surface area contributed by atoms with E-state index in [0.717, 1.165) is 18.5 Å². The van der Waals surface area contributed by atoms with Crippen LogP contribution in [0.25, 0.3) is 5.65 Å². The first kappa shape index (κ1) is 21.4. The highest BCUT2D eigenvalue weighted by Gasteiger charge is 2.32. The molecule has 0 aliphatic carbocycles. The van der Waals surface area contributed by atoms with Crippen LogP contribution in [0, 0.1) is 19.7 Å².